The first-order chi connectivity index (χ1) is 22.3. The van der Waals surface area contributed by atoms with E-state index in [-0.39, 0.29) is 0 Å². The van der Waals surface area contributed by atoms with Gasteiger partial charge in [0, 0.05) is 34.4 Å². The summed E-state index contributed by atoms with van der Waals surface area (Å²) in [6, 6.07) is 51.2. The van der Waals surface area contributed by atoms with Crippen LogP contribution in [0.25, 0.3) is 82.9 Å². The Hall–Kier alpha value is -6.13. The molecule has 0 N–H and O–H groups in total. The van der Waals surface area contributed by atoms with Gasteiger partial charge in [0.05, 0.1) is 22.6 Å². The lowest BCUT2D eigenvalue weighted by Gasteiger charge is -2.14. The standard InChI is InChI=1S/C41H26N4/c1-2-14-31-28(11-1)24-36(33-16-4-3-15-32(31)33)38-25-29(26-39(44-38)37-19-7-8-21-42-37)27-12-9-13-30(23-27)45-40-20-6-5-17-34(40)35-18-10-22-43-41(35)45/h1-26H. The Kier molecular flexibility index (Phi) is 5.78. The van der Waals surface area contributed by atoms with Gasteiger partial charge in [-0.3, -0.25) is 9.55 Å². The zero-order chi connectivity index (χ0) is 29.7. The van der Waals surface area contributed by atoms with E-state index >= 15 is 0 Å². The highest BCUT2D eigenvalue weighted by molar-refractivity contribution is 6.13. The number of para-hydroxylation sites is 1. The number of hydrogen-bond acceptors (Lipinski definition) is 3. The molecular weight excluding hydrogens is 548 g/mol. The van der Waals surface area contributed by atoms with Crippen molar-refractivity contribution in [1.82, 2.24) is 19.5 Å². The van der Waals surface area contributed by atoms with E-state index in [4.69, 9.17) is 9.97 Å². The highest BCUT2D eigenvalue weighted by Gasteiger charge is 2.16. The van der Waals surface area contributed by atoms with Gasteiger partial charge in [-0.1, -0.05) is 84.9 Å². The maximum atomic E-state index is 5.23. The van der Waals surface area contributed by atoms with E-state index < -0.39 is 0 Å². The Balaban J connectivity index is 1.29. The van der Waals surface area contributed by atoms with Crippen molar-refractivity contribution >= 4 is 43.5 Å². The molecule has 4 aromatic heterocycles. The second-order valence-corrected chi connectivity index (χ2v) is 11.3. The van der Waals surface area contributed by atoms with Crippen LogP contribution in [0.4, 0.5) is 0 Å². The molecule has 0 aliphatic carbocycles. The second-order valence-electron chi connectivity index (χ2n) is 11.3. The van der Waals surface area contributed by atoms with E-state index in [0.29, 0.717) is 0 Å². The minimum absolute atomic E-state index is 0.837. The molecule has 0 bridgehead atoms. The van der Waals surface area contributed by atoms with Crippen molar-refractivity contribution in [2.45, 2.75) is 0 Å². The molecule has 9 aromatic rings. The number of benzene rings is 5. The summed E-state index contributed by atoms with van der Waals surface area (Å²) < 4.78 is 2.26. The van der Waals surface area contributed by atoms with Gasteiger partial charge in [-0.2, -0.15) is 0 Å². The fraction of sp³-hybridized carbons (Fsp3) is 0. The van der Waals surface area contributed by atoms with Crippen molar-refractivity contribution in [3.8, 4) is 39.5 Å². The molecule has 210 valence electrons. The quantitative estimate of drug-likeness (QED) is 0.196. The average Bonchev–Trinajstić information content (AvgIpc) is 3.46. The molecule has 9 rings (SSSR count). The van der Waals surface area contributed by atoms with Crippen LogP contribution < -0.4 is 0 Å². The summed E-state index contributed by atoms with van der Waals surface area (Å²) in [5.41, 5.74) is 9.02. The Bertz CT molecular complexity index is 2490. The van der Waals surface area contributed by atoms with Crippen LogP contribution in [-0.2, 0) is 0 Å². The lowest BCUT2D eigenvalue weighted by atomic mass is 9.94. The first-order valence-electron chi connectivity index (χ1n) is 15.1. The number of pyridine rings is 3. The largest absolute Gasteiger partial charge is 0.294 e. The molecule has 4 heteroatoms. The third kappa shape index (κ3) is 4.19. The van der Waals surface area contributed by atoms with Crippen molar-refractivity contribution in [2.75, 3.05) is 0 Å². The second kappa shape index (κ2) is 10.2. The van der Waals surface area contributed by atoms with Gasteiger partial charge in [-0.05, 0) is 93.3 Å². The molecule has 0 saturated carbocycles. The van der Waals surface area contributed by atoms with Gasteiger partial charge in [-0.25, -0.2) is 9.97 Å². The maximum Gasteiger partial charge on any atom is 0.145 e. The van der Waals surface area contributed by atoms with Gasteiger partial charge >= 0.3 is 0 Å². The van der Waals surface area contributed by atoms with Crippen LogP contribution in [0.3, 0.4) is 0 Å². The third-order valence-electron chi connectivity index (χ3n) is 8.67. The number of nitrogens with zero attached hydrogens (tertiary/aromatic N) is 4. The Morgan fingerprint density at radius 2 is 1.16 bits per heavy atom. The van der Waals surface area contributed by atoms with Gasteiger partial charge in [0.25, 0.3) is 0 Å². The van der Waals surface area contributed by atoms with E-state index in [1.807, 2.05) is 36.7 Å². The summed E-state index contributed by atoms with van der Waals surface area (Å²) in [6.07, 6.45) is 3.69. The molecule has 0 amide bonds. The molecule has 0 fully saturated rings. The molecule has 4 heterocycles. The first-order valence-corrected chi connectivity index (χ1v) is 15.1. The SMILES string of the molecule is c1ccc(-c2cc(-c3cccc(-n4c5ccccc5c5cccnc54)c3)cc(-c3cc4ccccc4c4ccccc34)n2)nc1. The van der Waals surface area contributed by atoms with Gasteiger partial charge in [-0.15, -0.1) is 0 Å². The van der Waals surface area contributed by atoms with Crippen LogP contribution in [0.5, 0.6) is 0 Å². The predicted octanol–water partition coefficient (Wildman–Crippen LogP) is 10.3. The summed E-state index contributed by atoms with van der Waals surface area (Å²) in [7, 11) is 0. The van der Waals surface area contributed by atoms with Crippen LogP contribution in [0.1, 0.15) is 0 Å². The molecular formula is C41H26N4. The summed E-state index contributed by atoms with van der Waals surface area (Å²) in [5, 5.41) is 7.17. The first kappa shape index (κ1) is 25.4. The number of rotatable bonds is 4. The molecule has 0 spiro atoms. The smallest absolute Gasteiger partial charge is 0.145 e. The summed E-state index contributed by atoms with van der Waals surface area (Å²) >= 11 is 0. The predicted molar refractivity (Wildman–Crippen MR) is 185 cm³/mol. The fourth-order valence-corrected chi connectivity index (χ4v) is 6.63. The van der Waals surface area contributed by atoms with Crippen molar-refractivity contribution in [2.24, 2.45) is 0 Å². The van der Waals surface area contributed by atoms with E-state index in [2.05, 4.69) is 131 Å². The highest BCUT2D eigenvalue weighted by Crippen LogP contribution is 2.38. The molecule has 0 aliphatic heterocycles. The molecule has 0 radical (unpaired) electrons. The molecule has 45 heavy (non-hydrogen) atoms. The van der Waals surface area contributed by atoms with Gasteiger partial charge in [0.2, 0.25) is 0 Å². The molecule has 0 unspecified atom stereocenters. The highest BCUT2D eigenvalue weighted by atomic mass is 15.0. The molecule has 0 atom stereocenters. The molecule has 0 aliphatic rings. The fourth-order valence-electron chi connectivity index (χ4n) is 6.63. The van der Waals surface area contributed by atoms with Gasteiger partial charge in [0.15, 0.2) is 0 Å². The number of fused-ring (bicyclic) bond motifs is 6. The zero-order valence-electron chi connectivity index (χ0n) is 24.3. The lowest BCUT2D eigenvalue weighted by molar-refractivity contribution is 1.14. The topological polar surface area (TPSA) is 43.6 Å². The minimum atomic E-state index is 0.837. The summed E-state index contributed by atoms with van der Waals surface area (Å²) in [4.78, 5) is 14.7. The minimum Gasteiger partial charge on any atom is -0.294 e. The Morgan fingerprint density at radius 1 is 0.422 bits per heavy atom. The lowest BCUT2D eigenvalue weighted by Crippen LogP contribution is -1.97. The molecule has 4 nitrogen and oxygen atoms in total. The van der Waals surface area contributed by atoms with E-state index in [0.717, 1.165) is 56.0 Å². The Labute approximate surface area is 259 Å². The zero-order valence-corrected chi connectivity index (χ0v) is 24.3. The van der Waals surface area contributed by atoms with Crippen LogP contribution in [0.15, 0.2) is 158 Å². The number of hydrogen-bond donors (Lipinski definition) is 0. The molecule has 5 aromatic carbocycles. The van der Waals surface area contributed by atoms with Crippen molar-refractivity contribution < 1.29 is 0 Å². The normalized spacial score (nSPS) is 11.6. The van der Waals surface area contributed by atoms with Gasteiger partial charge in [0.1, 0.15) is 5.65 Å². The molecule has 0 saturated heterocycles. The van der Waals surface area contributed by atoms with Crippen molar-refractivity contribution in [1.29, 1.82) is 0 Å². The van der Waals surface area contributed by atoms with Crippen molar-refractivity contribution in [3.05, 3.63) is 158 Å². The van der Waals surface area contributed by atoms with E-state index in [9.17, 15) is 0 Å². The number of aromatic nitrogens is 4. The monoisotopic (exact) mass is 574 g/mol. The van der Waals surface area contributed by atoms with Crippen molar-refractivity contribution in [3.63, 3.8) is 0 Å². The summed E-state index contributed by atoms with van der Waals surface area (Å²) in [5.74, 6) is 0. The van der Waals surface area contributed by atoms with Crippen LogP contribution >= 0.6 is 0 Å². The Morgan fingerprint density at radius 3 is 2.04 bits per heavy atom. The van der Waals surface area contributed by atoms with Gasteiger partial charge < -0.3 is 0 Å². The van der Waals surface area contributed by atoms with E-state index in [1.54, 1.807) is 0 Å². The summed E-state index contributed by atoms with van der Waals surface area (Å²) in [6.45, 7) is 0. The van der Waals surface area contributed by atoms with Crippen LogP contribution in [-0.4, -0.2) is 19.5 Å². The third-order valence-corrected chi connectivity index (χ3v) is 8.67. The van der Waals surface area contributed by atoms with Crippen LogP contribution in [0.2, 0.25) is 0 Å². The maximum absolute atomic E-state index is 5.23. The average molecular weight is 575 g/mol. The van der Waals surface area contributed by atoms with E-state index in [1.165, 1.54) is 26.9 Å². The van der Waals surface area contributed by atoms with Crippen LogP contribution in [0, 0.1) is 0 Å².